The molecule has 3 rings (SSSR count). The van der Waals surface area contributed by atoms with Gasteiger partial charge in [-0.15, -0.1) is 0 Å². The first-order valence-electron chi connectivity index (χ1n) is 8.13. The highest BCUT2D eigenvalue weighted by Crippen LogP contribution is 2.28. The molecule has 0 aliphatic carbocycles. The Hall–Kier alpha value is -2.31. The summed E-state index contributed by atoms with van der Waals surface area (Å²) in [6.45, 7) is 0.502. The highest BCUT2D eigenvalue weighted by Gasteiger charge is 2.34. The first-order chi connectivity index (χ1) is 12.0. The Morgan fingerprint density at radius 2 is 2.08 bits per heavy atom. The molecule has 2 aromatic rings. The molecule has 1 aliphatic heterocycles. The number of rotatable bonds is 4. The van der Waals surface area contributed by atoms with Crippen LogP contribution in [-0.2, 0) is 9.59 Å². The third-order valence-corrected chi connectivity index (χ3v) is 4.55. The molecular weight excluding hydrogens is 344 g/mol. The van der Waals surface area contributed by atoms with Crippen molar-refractivity contribution in [1.82, 2.24) is 4.90 Å². The van der Waals surface area contributed by atoms with E-state index in [1.807, 2.05) is 0 Å². The standard InChI is InChI=1S/C18H19ClN2O4/c19-12-5-7-13(8-6-12)20-17(23)18(24)21-9-1-3-14(21)11-15(22)16-4-2-10-25-16/h2,4-8,10,14-15,22H,1,3,9,11H2,(H,20,23)/t14-,15+/m0/s1. The summed E-state index contributed by atoms with van der Waals surface area (Å²) < 4.78 is 5.19. The normalized spacial score (nSPS) is 18.2. The van der Waals surface area contributed by atoms with Gasteiger partial charge >= 0.3 is 11.8 Å². The zero-order chi connectivity index (χ0) is 17.8. The Bertz CT molecular complexity index is 730. The molecule has 0 radical (unpaired) electrons. The largest absolute Gasteiger partial charge is 0.467 e. The first-order valence-corrected chi connectivity index (χ1v) is 8.51. The van der Waals surface area contributed by atoms with Crippen LogP contribution >= 0.6 is 11.6 Å². The van der Waals surface area contributed by atoms with Crippen molar-refractivity contribution in [2.75, 3.05) is 11.9 Å². The molecule has 0 saturated carbocycles. The van der Waals surface area contributed by atoms with Crippen molar-refractivity contribution in [2.24, 2.45) is 0 Å². The molecule has 1 fully saturated rings. The number of carbonyl (C=O) groups excluding carboxylic acids is 2. The lowest BCUT2D eigenvalue weighted by molar-refractivity contribution is -0.144. The van der Waals surface area contributed by atoms with Crippen LogP contribution in [0.25, 0.3) is 0 Å². The van der Waals surface area contributed by atoms with E-state index in [1.165, 1.54) is 11.2 Å². The van der Waals surface area contributed by atoms with E-state index in [9.17, 15) is 14.7 Å². The molecule has 0 bridgehead atoms. The van der Waals surface area contributed by atoms with Crippen LogP contribution in [-0.4, -0.2) is 34.4 Å². The lowest BCUT2D eigenvalue weighted by Gasteiger charge is -2.25. The number of aliphatic hydroxyl groups is 1. The average molecular weight is 363 g/mol. The number of furan rings is 1. The summed E-state index contributed by atoms with van der Waals surface area (Å²) in [5, 5.41) is 13.4. The van der Waals surface area contributed by atoms with Gasteiger partial charge in [0.15, 0.2) is 0 Å². The molecule has 2 heterocycles. The number of anilines is 1. The predicted molar refractivity (Wildman–Crippen MR) is 93.1 cm³/mol. The number of hydrogen-bond donors (Lipinski definition) is 2. The van der Waals surface area contributed by atoms with Gasteiger partial charge in [-0.25, -0.2) is 0 Å². The fourth-order valence-electron chi connectivity index (χ4n) is 3.05. The van der Waals surface area contributed by atoms with Gasteiger partial charge in [-0.3, -0.25) is 9.59 Å². The number of aliphatic hydroxyl groups excluding tert-OH is 1. The summed E-state index contributed by atoms with van der Waals surface area (Å²) >= 11 is 5.80. The van der Waals surface area contributed by atoms with Gasteiger partial charge in [-0.05, 0) is 49.2 Å². The third kappa shape index (κ3) is 4.21. The monoisotopic (exact) mass is 362 g/mol. The molecule has 132 valence electrons. The minimum absolute atomic E-state index is 0.191. The molecule has 2 N–H and O–H groups in total. The SMILES string of the molecule is O=C(Nc1ccc(Cl)cc1)C(=O)N1CCC[C@H]1C[C@@H](O)c1ccco1. The second-order valence-corrected chi connectivity index (χ2v) is 6.46. The number of nitrogens with one attached hydrogen (secondary N) is 1. The topological polar surface area (TPSA) is 82.8 Å². The van der Waals surface area contributed by atoms with Gasteiger partial charge in [0.1, 0.15) is 11.9 Å². The van der Waals surface area contributed by atoms with Crippen molar-refractivity contribution in [2.45, 2.75) is 31.4 Å². The second-order valence-electron chi connectivity index (χ2n) is 6.02. The molecule has 1 aromatic carbocycles. The van der Waals surface area contributed by atoms with E-state index in [2.05, 4.69) is 5.32 Å². The van der Waals surface area contributed by atoms with Crippen molar-refractivity contribution in [3.05, 3.63) is 53.4 Å². The summed E-state index contributed by atoms with van der Waals surface area (Å²) in [5.41, 5.74) is 0.508. The zero-order valence-electron chi connectivity index (χ0n) is 13.5. The molecule has 6 nitrogen and oxygen atoms in total. The van der Waals surface area contributed by atoms with Crippen LogP contribution in [0.3, 0.4) is 0 Å². The van der Waals surface area contributed by atoms with E-state index in [0.29, 0.717) is 29.4 Å². The molecule has 0 spiro atoms. The van der Waals surface area contributed by atoms with Crippen molar-refractivity contribution >= 4 is 29.1 Å². The Balaban J connectivity index is 1.61. The Morgan fingerprint density at radius 3 is 2.76 bits per heavy atom. The number of nitrogens with zero attached hydrogens (tertiary/aromatic N) is 1. The van der Waals surface area contributed by atoms with E-state index in [1.54, 1.807) is 36.4 Å². The van der Waals surface area contributed by atoms with Crippen LogP contribution in [0.4, 0.5) is 5.69 Å². The zero-order valence-corrected chi connectivity index (χ0v) is 14.3. The number of amides is 2. The van der Waals surface area contributed by atoms with E-state index in [0.717, 1.165) is 12.8 Å². The minimum Gasteiger partial charge on any atom is -0.467 e. The quantitative estimate of drug-likeness (QED) is 0.819. The van der Waals surface area contributed by atoms with Gasteiger partial charge in [0.2, 0.25) is 0 Å². The maximum atomic E-state index is 12.5. The van der Waals surface area contributed by atoms with Crippen LogP contribution in [0.1, 0.15) is 31.1 Å². The molecule has 0 unspecified atom stereocenters. The summed E-state index contributed by atoms with van der Waals surface area (Å²) in [4.78, 5) is 26.2. The van der Waals surface area contributed by atoms with E-state index < -0.39 is 17.9 Å². The van der Waals surface area contributed by atoms with Crippen molar-refractivity contribution < 1.29 is 19.1 Å². The molecule has 1 aromatic heterocycles. The smallest absolute Gasteiger partial charge is 0.313 e. The number of halogens is 1. The van der Waals surface area contributed by atoms with Gasteiger partial charge in [-0.1, -0.05) is 11.6 Å². The lowest BCUT2D eigenvalue weighted by Crippen LogP contribution is -2.43. The van der Waals surface area contributed by atoms with Crippen molar-refractivity contribution in [1.29, 1.82) is 0 Å². The van der Waals surface area contributed by atoms with Gasteiger partial charge < -0.3 is 19.7 Å². The van der Waals surface area contributed by atoms with Crippen LogP contribution in [0, 0.1) is 0 Å². The molecular formula is C18H19ClN2O4. The predicted octanol–water partition coefficient (Wildman–Crippen LogP) is 2.99. The number of carbonyl (C=O) groups is 2. The van der Waals surface area contributed by atoms with Gasteiger partial charge in [0.05, 0.1) is 6.26 Å². The average Bonchev–Trinajstić information content (AvgIpc) is 3.27. The highest BCUT2D eigenvalue weighted by atomic mass is 35.5. The molecule has 2 amide bonds. The molecule has 2 atom stereocenters. The van der Waals surface area contributed by atoms with Crippen molar-refractivity contribution in [3.63, 3.8) is 0 Å². The fraction of sp³-hybridized carbons (Fsp3) is 0.333. The van der Waals surface area contributed by atoms with Crippen molar-refractivity contribution in [3.8, 4) is 0 Å². The van der Waals surface area contributed by atoms with Crippen LogP contribution in [0.15, 0.2) is 47.1 Å². The lowest BCUT2D eigenvalue weighted by atomic mass is 10.1. The van der Waals surface area contributed by atoms with Gasteiger partial charge in [0.25, 0.3) is 0 Å². The summed E-state index contributed by atoms with van der Waals surface area (Å²) in [5.74, 6) is -0.823. The third-order valence-electron chi connectivity index (χ3n) is 4.30. The summed E-state index contributed by atoms with van der Waals surface area (Å²) in [7, 11) is 0. The van der Waals surface area contributed by atoms with Crippen LogP contribution in [0.2, 0.25) is 5.02 Å². The number of hydrogen-bond acceptors (Lipinski definition) is 4. The molecule has 1 aliphatic rings. The van der Waals surface area contributed by atoms with E-state index in [-0.39, 0.29) is 6.04 Å². The molecule has 7 heteroatoms. The van der Waals surface area contributed by atoms with Gasteiger partial charge in [0, 0.05) is 29.7 Å². The fourth-order valence-corrected chi connectivity index (χ4v) is 3.18. The highest BCUT2D eigenvalue weighted by molar-refractivity contribution is 6.39. The van der Waals surface area contributed by atoms with E-state index in [4.69, 9.17) is 16.0 Å². The maximum Gasteiger partial charge on any atom is 0.313 e. The molecule has 1 saturated heterocycles. The maximum absolute atomic E-state index is 12.5. The van der Waals surface area contributed by atoms with Crippen LogP contribution < -0.4 is 5.32 Å². The van der Waals surface area contributed by atoms with Crippen LogP contribution in [0.5, 0.6) is 0 Å². The number of likely N-dealkylation sites (tertiary alicyclic amines) is 1. The van der Waals surface area contributed by atoms with Gasteiger partial charge in [-0.2, -0.15) is 0 Å². The Labute approximate surface area is 150 Å². The summed E-state index contributed by atoms with van der Waals surface area (Å²) in [6, 6.07) is 9.75. The first kappa shape index (κ1) is 17.5. The summed E-state index contributed by atoms with van der Waals surface area (Å²) in [6.07, 6.45) is 2.59. The van der Waals surface area contributed by atoms with E-state index >= 15 is 0 Å². The molecule has 25 heavy (non-hydrogen) atoms. The minimum atomic E-state index is -0.798. The second kappa shape index (κ2) is 7.72. The number of benzene rings is 1. The Kier molecular flexibility index (Phi) is 5.40. The Morgan fingerprint density at radius 1 is 1.32 bits per heavy atom.